The first-order chi connectivity index (χ1) is 22.3. The van der Waals surface area contributed by atoms with E-state index in [1.165, 1.54) is 20.3 Å². The van der Waals surface area contributed by atoms with Gasteiger partial charge in [0.25, 0.3) is 11.8 Å². The number of aromatic nitrogens is 2. The molecule has 2 aromatic carbocycles. The molecule has 0 radical (unpaired) electrons. The summed E-state index contributed by atoms with van der Waals surface area (Å²) < 4.78 is 82.8. The molecule has 0 spiro atoms. The van der Waals surface area contributed by atoms with Crippen molar-refractivity contribution < 1.29 is 60.4 Å². The highest BCUT2D eigenvalue weighted by Gasteiger charge is 2.45. The van der Waals surface area contributed by atoms with E-state index in [0.29, 0.717) is 25.7 Å². The maximum Gasteiger partial charge on any atom is 0.586 e. The highest BCUT2D eigenvalue weighted by molar-refractivity contribution is 6.15. The van der Waals surface area contributed by atoms with E-state index in [-0.39, 0.29) is 63.6 Å². The number of anilines is 3. The number of alkyl halides is 4. The first-order valence-electron chi connectivity index (χ1n) is 14.0. The number of benzene rings is 2. The topological polar surface area (TPSA) is 168 Å². The van der Waals surface area contributed by atoms with Crippen molar-refractivity contribution in [1.29, 1.82) is 0 Å². The number of rotatable bonds is 8. The fraction of sp³-hybridized carbons (Fsp3) is 0.345. The lowest BCUT2D eigenvalue weighted by Crippen LogP contribution is -2.32. The fourth-order valence-electron chi connectivity index (χ4n) is 5.43. The van der Waals surface area contributed by atoms with E-state index in [2.05, 4.69) is 44.9 Å². The lowest BCUT2D eigenvalue weighted by Gasteiger charge is -2.29. The van der Waals surface area contributed by atoms with Crippen LogP contribution in [0.25, 0.3) is 0 Å². The van der Waals surface area contributed by atoms with Crippen molar-refractivity contribution in [3.8, 4) is 28.9 Å². The molecule has 0 saturated heterocycles. The highest BCUT2D eigenvalue weighted by Crippen LogP contribution is 2.45. The van der Waals surface area contributed by atoms with Crippen LogP contribution in [0.2, 0.25) is 0 Å². The van der Waals surface area contributed by atoms with Gasteiger partial charge in [-0.3, -0.25) is 14.4 Å². The van der Waals surface area contributed by atoms with Gasteiger partial charge in [-0.2, -0.15) is 0 Å². The first kappa shape index (κ1) is 31.4. The summed E-state index contributed by atoms with van der Waals surface area (Å²) in [5, 5.41) is 8.08. The summed E-state index contributed by atoms with van der Waals surface area (Å²) in [6.45, 7) is 0. The Morgan fingerprint density at radius 3 is 2.23 bits per heavy atom. The number of nitrogens with one attached hydrogen (secondary N) is 3. The molecule has 0 bridgehead atoms. The minimum absolute atomic E-state index is 0.0299. The molecule has 0 unspecified atom stereocenters. The van der Waals surface area contributed by atoms with Gasteiger partial charge in [-0.25, -0.2) is 9.97 Å². The van der Waals surface area contributed by atoms with Gasteiger partial charge in [-0.15, -0.1) is 17.6 Å². The Hall–Kier alpha value is -5.55. The Labute approximate surface area is 262 Å². The molecule has 2 amide bonds. The summed E-state index contributed by atoms with van der Waals surface area (Å²) in [6, 6.07) is 5.01. The molecule has 3 N–H and O–H groups in total. The molecule has 3 heterocycles. The summed E-state index contributed by atoms with van der Waals surface area (Å²) in [5.74, 6) is -4.33. The molecular weight excluding hydrogens is 638 g/mol. The Bertz CT molecular complexity index is 1760. The third-order valence-electron chi connectivity index (χ3n) is 7.48. The SMILES string of the molecule is COC(=O)[C@H]1CCC[C@@H](Nc2ncnc(OC)c2C(=O)Nc2cc3c(cc2C(=O)Nc2ccc4c(c2)OC(F)(F)O4)OC(F)(F)O3)C1. The van der Waals surface area contributed by atoms with Crippen molar-refractivity contribution in [2.24, 2.45) is 5.92 Å². The summed E-state index contributed by atoms with van der Waals surface area (Å²) in [4.78, 5) is 47.5. The average Bonchev–Trinajstić information content (AvgIpc) is 3.51. The maximum absolute atomic E-state index is 14.0. The van der Waals surface area contributed by atoms with E-state index in [1.54, 1.807) is 0 Å². The molecule has 1 saturated carbocycles. The monoisotopic (exact) mass is 663 g/mol. The summed E-state index contributed by atoms with van der Waals surface area (Å²) >= 11 is 0. The normalized spacial score (nSPS) is 19.8. The smallest absolute Gasteiger partial charge is 0.480 e. The minimum Gasteiger partial charge on any atom is -0.480 e. The fourth-order valence-corrected chi connectivity index (χ4v) is 5.43. The number of halogens is 4. The van der Waals surface area contributed by atoms with E-state index in [1.807, 2.05) is 0 Å². The Morgan fingerprint density at radius 2 is 1.53 bits per heavy atom. The second-order valence-corrected chi connectivity index (χ2v) is 10.6. The van der Waals surface area contributed by atoms with Crippen molar-refractivity contribution in [2.45, 2.75) is 44.3 Å². The number of nitrogens with zero attached hydrogens (tertiary/aromatic N) is 2. The second-order valence-electron chi connectivity index (χ2n) is 10.6. The molecule has 6 rings (SSSR count). The van der Waals surface area contributed by atoms with Crippen LogP contribution in [0.4, 0.5) is 34.8 Å². The quantitative estimate of drug-likeness (QED) is 0.223. The van der Waals surface area contributed by atoms with Gasteiger partial charge in [0.2, 0.25) is 5.88 Å². The molecule has 3 aliphatic rings. The number of ether oxygens (including phenoxy) is 6. The van der Waals surface area contributed by atoms with Crippen LogP contribution in [0, 0.1) is 5.92 Å². The lowest BCUT2D eigenvalue weighted by atomic mass is 9.85. The zero-order chi connectivity index (χ0) is 33.5. The molecule has 14 nitrogen and oxygen atoms in total. The number of amides is 2. The maximum atomic E-state index is 14.0. The van der Waals surface area contributed by atoms with Crippen LogP contribution in [-0.2, 0) is 9.53 Å². The van der Waals surface area contributed by atoms with E-state index in [4.69, 9.17) is 9.47 Å². The second kappa shape index (κ2) is 12.0. The first-order valence-corrected chi connectivity index (χ1v) is 14.0. The van der Waals surface area contributed by atoms with Crippen LogP contribution in [0.3, 0.4) is 0 Å². The molecule has 3 aromatic rings. The van der Waals surface area contributed by atoms with Crippen LogP contribution < -0.4 is 39.6 Å². The molecule has 1 aliphatic carbocycles. The predicted octanol–water partition coefficient (Wildman–Crippen LogP) is 4.78. The molecule has 1 aromatic heterocycles. The summed E-state index contributed by atoms with van der Waals surface area (Å²) in [6.07, 6.45) is -4.41. The molecule has 18 heteroatoms. The Kier molecular flexibility index (Phi) is 8.02. The number of carbonyl (C=O) groups is 3. The molecule has 2 atom stereocenters. The number of hydrogen-bond acceptors (Lipinski definition) is 12. The van der Waals surface area contributed by atoms with Gasteiger partial charge >= 0.3 is 18.6 Å². The van der Waals surface area contributed by atoms with E-state index < -0.39 is 35.9 Å². The van der Waals surface area contributed by atoms with Gasteiger partial charge in [0, 0.05) is 23.9 Å². The van der Waals surface area contributed by atoms with E-state index >= 15 is 0 Å². The average molecular weight is 664 g/mol. The summed E-state index contributed by atoms with van der Waals surface area (Å²) in [5.41, 5.74) is -0.904. The molecule has 47 heavy (non-hydrogen) atoms. The van der Waals surface area contributed by atoms with Gasteiger partial charge in [0.1, 0.15) is 17.7 Å². The third-order valence-corrected chi connectivity index (χ3v) is 7.48. The zero-order valence-corrected chi connectivity index (χ0v) is 24.5. The predicted molar refractivity (Wildman–Crippen MR) is 151 cm³/mol. The minimum atomic E-state index is -4.06. The van der Waals surface area contributed by atoms with Crippen molar-refractivity contribution in [2.75, 3.05) is 30.2 Å². The van der Waals surface area contributed by atoms with Crippen molar-refractivity contribution in [1.82, 2.24) is 9.97 Å². The van der Waals surface area contributed by atoms with Crippen molar-refractivity contribution in [3.63, 3.8) is 0 Å². The number of fused-ring (bicyclic) bond motifs is 2. The molecular formula is C29H25F4N5O9. The Morgan fingerprint density at radius 1 is 0.851 bits per heavy atom. The van der Waals surface area contributed by atoms with E-state index in [9.17, 15) is 31.9 Å². The van der Waals surface area contributed by atoms with Crippen LogP contribution in [0.15, 0.2) is 36.7 Å². The lowest BCUT2D eigenvalue weighted by molar-refractivity contribution is -0.287. The molecule has 1 fully saturated rings. The number of methoxy groups -OCH3 is 2. The van der Waals surface area contributed by atoms with Gasteiger partial charge in [0.15, 0.2) is 23.0 Å². The molecule has 248 valence electrons. The van der Waals surface area contributed by atoms with Crippen LogP contribution in [-0.4, -0.2) is 60.6 Å². The number of carbonyl (C=O) groups excluding carboxylic acids is 3. The van der Waals surface area contributed by atoms with Crippen LogP contribution in [0.5, 0.6) is 28.9 Å². The van der Waals surface area contributed by atoms with Gasteiger partial charge in [-0.05, 0) is 37.5 Å². The summed E-state index contributed by atoms with van der Waals surface area (Å²) in [7, 11) is 2.57. The van der Waals surface area contributed by atoms with Crippen molar-refractivity contribution in [3.05, 3.63) is 47.8 Å². The number of esters is 1. The number of hydrogen-bond donors (Lipinski definition) is 3. The largest absolute Gasteiger partial charge is 0.586 e. The van der Waals surface area contributed by atoms with Gasteiger partial charge in [0.05, 0.1) is 31.4 Å². The van der Waals surface area contributed by atoms with Gasteiger partial charge in [-0.1, -0.05) is 6.42 Å². The van der Waals surface area contributed by atoms with Crippen molar-refractivity contribution >= 4 is 35.0 Å². The standard InChI is InChI=1S/C29H25F4N5O9/c1-42-26-22(23(34-12-35-26)36-14-5-3-4-13(8-14)27(41)43-2)25(40)38-17-11-21-20(46-29(32,33)47-21)10-16(17)24(39)37-15-6-7-18-19(9-15)45-28(30,31)44-18/h6-7,9-14H,3-5,8H2,1-2H3,(H,37,39)(H,38,40)(H,34,35,36)/t13-,14+/m0/s1. The highest BCUT2D eigenvalue weighted by atomic mass is 19.3. The molecule has 2 aliphatic heterocycles. The van der Waals surface area contributed by atoms with E-state index in [0.717, 1.165) is 30.6 Å². The zero-order valence-electron chi connectivity index (χ0n) is 24.5. The third kappa shape index (κ3) is 6.56. The van der Waals surface area contributed by atoms with Crippen LogP contribution in [0.1, 0.15) is 46.4 Å². The van der Waals surface area contributed by atoms with Crippen LogP contribution >= 0.6 is 0 Å². The van der Waals surface area contributed by atoms with Gasteiger partial charge < -0.3 is 44.4 Å². The Balaban J connectivity index is 1.29.